The van der Waals surface area contributed by atoms with Gasteiger partial charge in [0.2, 0.25) is 0 Å². The summed E-state index contributed by atoms with van der Waals surface area (Å²) in [6.45, 7) is 21.1. The smallest absolute Gasteiger partial charge is 0.316 e. The maximum absolute atomic E-state index is 14.4. The SMILES string of the molecule is CCCCCCN(CCCCCC)C(=O)c1cc(OS(=O)Nc2ccc(C)c(OS(=O)NC(C)c3nnc4cc(C(C)(C)C)[nH]n34)c2)cc(C(=O)N(CCCCCC)CCCCCC)c1. The summed E-state index contributed by atoms with van der Waals surface area (Å²) >= 11 is -4.15. The molecule has 2 aromatic heterocycles. The monoisotopic (exact) mass is 939 g/mol. The van der Waals surface area contributed by atoms with Crippen LogP contribution in [0.5, 0.6) is 11.5 Å². The second-order valence-electron chi connectivity index (χ2n) is 18.3. The number of hydrogen-bond donors (Lipinski definition) is 3. The van der Waals surface area contributed by atoms with Gasteiger partial charge in [-0.25, -0.2) is 4.52 Å². The molecule has 4 aromatic rings. The Kier molecular flexibility index (Phi) is 22.5. The van der Waals surface area contributed by atoms with Gasteiger partial charge in [0.05, 0.1) is 11.7 Å². The molecule has 2 heterocycles. The van der Waals surface area contributed by atoms with Gasteiger partial charge in [0.25, 0.3) is 23.1 Å². The van der Waals surface area contributed by atoms with Gasteiger partial charge in [-0.3, -0.25) is 19.4 Å². The Bertz CT molecular complexity index is 2050. The first-order valence-electron chi connectivity index (χ1n) is 24.2. The van der Waals surface area contributed by atoms with Crippen LogP contribution in [0.3, 0.4) is 0 Å². The molecule has 0 saturated heterocycles. The summed E-state index contributed by atoms with van der Waals surface area (Å²) < 4.78 is 46.5. The first-order chi connectivity index (χ1) is 31.2. The van der Waals surface area contributed by atoms with E-state index in [9.17, 15) is 18.0 Å². The molecule has 362 valence electrons. The van der Waals surface area contributed by atoms with E-state index in [0.29, 0.717) is 65.8 Å². The van der Waals surface area contributed by atoms with Crippen LogP contribution in [0.25, 0.3) is 5.65 Å². The summed E-state index contributed by atoms with van der Waals surface area (Å²) in [6, 6.07) is 11.4. The number of aromatic amines is 1. The Morgan fingerprint density at radius 3 is 1.68 bits per heavy atom. The van der Waals surface area contributed by atoms with Gasteiger partial charge in [0, 0.05) is 60.5 Å². The number of aryl methyl sites for hydroxylation is 1. The lowest BCUT2D eigenvalue weighted by molar-refractivity contribution is 0.0747. The minimum Gasteiger partial charge on any atom is -0.389 e. The highest BCUT2D eigenvalue weighted by molar-refractivity contribution is 7.82. The quantitative estimate of drug-likeness (QED) is 0.0420. The van der Waals surface area contributed by atoms with Crippen LogP contribution in [0.1, 0.15) is 202 Å². The van der Waals surface area contributed by atoms with Crippen LogP contribution < -0.4 is 17.8 Å². The number of carbonyl (C=O) groups excluding carboxylic acids is 2. The van der Waals surface area contributed by atoms with Crippen molar-refractivity contribution in [3.8, 4) is 11.5 Å². The van der Waals surface area contributed by atoms with Crippen molar-refractivity contribution in [2.45, 2.75) is 177 Å². The minimum absolute atomic E-state index is 0.123. The maximum atomic E-state index is 14.4. The first-order valence-corrected chi connectivity index (χ1v) is 26.4. The van der Waals surface area contributed by atoms with E-state index < -0.39 is 28.6 Å². The molecule has 0 aliphatic heterocycles. The molecule has 0 fully saturated rings. The van der Waals surface area contributed by atoms with Gasteiger partial charge in [-0.15, -0.1) is 10.2 Å². The molecule has 0 aliphatic rings. The molecule has 3 N–H and O–H groups in total. The molecule has 0 radical (unpaired) electrons. The zero-order valence-corrected chi connectivity index (χ0v) is 42.4. The van der Waals surface area contributed by atoms with E-state index in [-0.39, 0.29) is 23.0 Å². The Morgan fingerprint density at radius 2 is 1.20 bits per heavy atom. The summed E-state index contributed by atoms with van der Waals surface area (Å²) in [5.74, 6) is 0.645. The topological polar surface area (TPSA) is 163 Å². The number of carbonyl (C=O) groups is 2. The van der Waals surface area contributed by atoms with E-state index in [1.54, 1.807) is 40.9 Å². The summed E-state index contributed by atoms with van der Waals surface area (Å²) in [5, 5.41) is 11.9. The van der Waals surface area contributed by atoms with E-state index in [0.717, 1.165) is 108 Å². The van der Waals surface area contributed by atoms with Crippen LogP contribution in [-0.4, -0.2) is 76.0 Å². The van der Waals surface area contributed by atoms with E-state index in [2.05, 4.69) is 73.2 Å². The average Bonchev–Trinajstić information content (AvgIpc) is 3.88. The molecule has 0 aliphatic carbocycles. The van der Waals surface area contributed by atoms with Crippen molar-refractivity contribution >= 4 is 45.7 Å². The third-order valence-corrected chi connectivity index (χ3v) is 13.1. The zero-order chi connectivity index (χ0) is 47.4. The van der Waals surface area contributed by atoms with Crippen molar-refractivity contribution in [2.75, 3.05) is 30.9 Å². The van der Waals surface area contributed by atoms with Gasteiger partial charge in [-0.05, 0) is 69.4 Å². The third-order valence-electron chi connectivity index (χ3n) is 11.5. The second kappa shape index (κ2) is 27.4. The first kappa shape index (κ1) is 53.3. The van der Waals surface area contributed by atoms with E-state index >= 15 is 0 Å². The third kappa shape index (κ3) is 17.1. The highest BCUT2D eigenvalue weighted by atomic mass is 32.2. The molecular weight excluding hydrogens is 861 g/mol. The van der Waals surface area contributed by atoms with Gasteiger partial charge in [-0.1, -0.05) is 132 Å². The largest absolute Gasteiger partial charge is 0.389 e. The van der Waals surface area contributed by atoms with Gasteiger partial charge in [0.1, 0.15) is 11.5 Å². The molecule has 3 unspecified atom stereocenters. The highest BCUT2D eigenvalue weighted by Crippen LogP contribution is 2.27. The van der Waals surface area contributed by atoms with Gasteiger partial charge in [0.15, 0.2) is 11.5 Å². The number of fused-ring (bicyclic) bond motifs is 1. The summed E-state index contributed by atoms with van der Waals surface area (Å²) in [7, 11) is 0. The molecule has 0 bridgehead atoms. The number of aromatic nitrogens is 4. The van der Waals surface area contributed by atoms with Gasteiger partial charge >= 0.3 is 11.3 Å². The lowest BCUT2D eigenvalue weighted by Gasteiger charge is -2.25. The normalized spacial score (nSPS) is 13.1. The number of H-pyrrole nitrogens is 1. The molecule has 3 atom stereocenters. The maximum Gasteiger partial charge on any atom is 0.316 e. The van der Waals surface area contributed by atoms with Crippen LogP contribution >= 0.6 is 0 Å². The molecule has 0 spiro atoms. The molecule has 4 rings (SSSR count). The second-order valence-corrected chi connectivity index (χ2v) is 20.0. The zero-order valence-electron chi connectivity index (χ0n) is 40.8. The Hall–Kier alpha value is -4.28. The summed E-state index contributed by atoms with van der Waals surface area (Å²) in [6.07, 6.45) is 16.6. The van der Waals surface area contributed by atoms with E-state index in [4.69, 9.17) is 8.37 Å². The molecular formula is C49H78N8O6S2. The van der Waals surface area contributed by atoms with E-state index in [1.807, 2.05) is 29.7 Å². The fraction of sp³-hybridized carbons (Fsp3) is 0.633. The molecule has 0 saturated carbocycles. The summed E-state index contributed by atoms with van der Waals surface area (Å²) in [4.78, 5) is 32.7. The number of anilines is 1. The lowest BCUT2D eigenvalue weighted by atomic mass is 9.93. The predicted molar refractivity (Wildman–Crippen MR) is 265 cm³/mol. The highest BCUT2D eigenvalue weighted by Gasteiger charge is 2.25. The van der Waals surface area contributed by atoms with Crippen molar-refractivity contribution < 1.29 is 26.4 Å². The Labute approximate surface area is 394 Å². The number of benzene rings is 2. The van der Waals surface area contributed by atoms with Crippen molar-refractivity contribution in [3.05, 3.63) is 70.7 Å². The number of nitrogens with zero attached hydrogens (tertiary/aromatic N) is 5. The van der Waals surface area contributed by atoms with Crippen molar-refractivity contribution in [1.82, 2.24) is 34.3 Å². The molecule has 14 nitrogen and oxygen atoms in total. The van der Waals surface area contributed by atoms with Crippen LogP contribution in [0, 0.1) is 6.92 Å². The molecule has 65 heavy (non-hydrogen) atoms. The molecule has 2 amide bonds. The number of nitrogens with one attached hydrogen (secondary N) is 3. The fourth-order valence-corrected chi connectivity index (χ4v) is 8.95. The van der Waals surface area contributed by atoms with E-state index in [1.165, 1.54) is 0 Å². The Balaban J connectivity index is 1.56. The fourth-order valence-electron chi connectivity index (χ4n) is 7.53. The predicted octanol–water partition coefficient (Wildman–Crippen LogP) is 11.2. The van der Waals surface area contributed by atoms with Gasteiger partial charge in [-0.2, -0.15) is 13.1 Å². The van der Waals surface area contributed by atoms with Crippen LogP contribution in [0.2, 0.25) is 0 Å². The van der Waals surface area contributed by atoms with Crippen molar-refractivity contribution in [3.63, 3.8) is 0 Å². The van der Waals surface area contributed by atoms with Crippen LogP contribution in [0.15, 0.2) is 42.5 Å². The van der Waals surface area contributed by atoms with Crippen molar-refractivity contribution in [1.29, 1.82) is 0 Å². The number of rotatable bonds is 31. The average molecular weight is 939 g/mol. The van der Waals surface area contributed by atoms with Crippen LogP contribution in [0.4, 0.5) is 5.69 Å². The van der Waals surface area contributed by atoms with Crippen molar-refractivity contribution in [2.24, 2.45) is 0 Å². The number of unbranched alkanes of at least 4 members (excludes halogenated alkanes) is 12. The Morgan fingerprint density at radius 1 is 0.692 bits per heavy atom. The lowest BCUT2D eigenvalue weighted by Crippen LogP contribution is -2.35. The number of amides is 2. The summed E-state index contributed by atoms with van der Waals surface area (Å²) in [5.41, 5.74) is 3.27. The molecule has 16 heteroatoms. The number of hydrogen-bond acceptors (Lipinski definition) is 8. The standard InChI is InChI=1S/C49H78N8O6S2/c1-10-14-18-22-28-55(29-23-19-15-11-2)47(58)39-32-40(48(59)56(30-24-20-16-12-3)31-25-21-17-13-4)34-42(33-39)62-65(61)54-41-27-26-37(5)43(35-41)63-64(60)53-38(6)46-51-50-45-36-44(49(7,8)9)52-57(45)46/h26-27,32-36,38,52-54H,10-25,28-31H2,1-9H3. The van der Waals surface area contributed by atoms with Crippen LogP contribution in [-0.2, 0) is 27.9 Å². The minimum atomic E-state index is -2.16. The van der Waals surface area contributed by atoms with Gasteiger partial charge < -0.3 is 18.2 Å². The molecule has 2 aromatic carbocycles.